The summed E-state index contributed by atoms with van der Waals surface area (Å²) in [5.41, 5.74) is 0.384. The SMILES string of the molecule is O=C(Oc1ccccc1)c1ccc(Oc2ccccc2F)cc1. The molecule has 0 aliphatic heterocycles. The van der Waals surface area contributed by atoms with Gasteiger partial charge in [0.25, 0.3) is 0 Å². The zero-order valence-corrected chi connectivity index (χ0v) is 12.1. The second-order valence-corrected chi connectivity index (χ2v) is 4.76. The largest absolute Gasteiger partial charge is 0.454 e. The van der Waals surface area contributed by atoms with Gasteiger partial charge in [0.15, 0.2) is 11.6 Å². The predicted octanol–water partition coefficient (Wildman–Crippen LogP) is 4.84. The molecule has 0 unspecified atom stereocenters. The number of benzene rings is 3. The summed E-state index contributed by atoms with van der Waals surface area (Å²) in [6, 6.07) is 21.3. The molecule has 0 N–H and O–H groups in total. The highest BCUT2D eigenvalue weighted by molar-refractivity contribution is 5.91. The number of hydrogen-bond donors (Lipinski definition) is 0. The Bertz CT molecular complexity index is 798. The summed E-state index contributed by atoms with van der Waals surface area (Å²) in [4.78, 5) is 12.0. The standard InChI is InChI=1S/C19H13FO3/c20-17-8-4-5-9-18(17)22-16-12-10-14(11-13-16)19(21)23-15-6-2-1-3-7-15/h1-13H. The molecule has 0 spiro atoms. The molecule has 0 atom stereocenters. The minimum Gasteiger partial charge on any atom is -0.454 e. The molecule has 4 heteroatoms. The van der Waals surface area contributed by atoms with Gasteiger partial charge in [-0.3, -0.25) is 0 Å². The van der Waals surface area contributed by atoms with Crippen LogP contribution >= 0.6 is 0 Å². The highest BCUT2D eigenvalue weighted by Crippen LogP contribution is 2.24. The molecule has 0 heterocycles. The molecule has 114 valence electrons. The fourth-order valence-electron chi connectivity index (χ4n) is 1.97. The predicted molar refractivity (Wildman–Crippen MR) is 84.3 cm³/mol. The van der Waals surface area contributed by atoms with E-state index in [2.05, 4.69) is 0 Å². The van der Waals surface area contributed by atoms with Gasteiger partial charge < -0.3 is 9.47 Å². The van der Waals surface area contributed by atoms with Gasteiger partial charge in [0.2, 0.25) is 0 Å². The third kappa shape index (κ3) is 3.74. The van der Waals surface area contributed by atoms with Crippen molar-refractivity contribution in [2.45, 2.75) is 0 Å². The fourth-order valence-corrected chi connectivity index (χ4v) is 1.97. The van der Waals surface area contributed by atoms with Crippen LogP contribution < -0.4 is 9.47 Å². The first-order valence-corrected chi connectivity index (χ1v) is 7.02. The summed E-state index contributed by atoms with van der Waals surface area (Å²) in [5.74, 6) is 0.136. The van der Waals surface area contributed by atoms with E-state index in [-0.39, 0.29) is 5.75 Å². The fraction of sp³-hybridized carbons (Fsp3) is 0. The summed E-state index contributed by atoms with van der Waals surface area (Å²) in [6.45, 7) is 0. The first kappa shape index (κ1) is 14.8. The second kappa shape index (κ2) is 6.75. The maximum atomic E-state index is 13.5. The quantitative estimate of drug-likeness (QED) is 0.511. The molecule has 23 heavy (non-hydrogen) atoms. The Morgan fingerprint density at radius 1 is 0.739 bits per heavy atom. The van der Waals surface area contributed by atoms with Crippen molar-refractivity contribution in [1.82, 2.24) is 0 Å². The molecule has 0 fully saturated rings. The van der Waals surface area contributed by atoms with Crippen LogP contribution in [-0.4, -0.2) is 5.97 Å². The molecule has 0 aromatic heterocycles. The number of esters is 1. The van der Waals surface area contributed by atoms with Crippen molar-refractivity contribution in [1.29, 1.82) is 0 Å². The van der Waals surface area contributed by atoms with Gasteiger partial charge in [0, 0.05) is 0 Å². The Morgan fingerprint density at radius 2 is 1.39 bits per heavy atom. The van der Waals surface area contributed by atoms with Crippen molar-refractivity contribution in [2.24, 2.45) is 0 Å². The lowest BCUT2D eigenvalue weighted by Crippen LogP contribution is -2.08. The average Bonchev–Trinajstić information content (AvgIpc) is 2.58. The highest BCUT2D eigenvalue weighted by Gasteiger charge is 2.09. The maximum Gasteiger partial charge on any atom is 0.343 e. The molecule has 0 saturated carbocycles. The number of para-hydroxylation sites is 2. The lowest BCUT2D eigenvalue weighted by atomic mass is 10.2. The Labute approximate surface area is 132 Å². The molecule has 0 bridgehead atoms. The number of carbonyl (C=O) groups is 1. The van der Waals surface area contributed by atoms with E-state index in [1.165, 1.54) is 12.1 Å². The minimum atomic E-state index is -0.464. The van der Waals surface area contributed by atoms with Gasteiger partial charge in [0.05, 0.1) is 5.56 Å². The van der Waals surface area contributed by atoms with E-state index in [1.807, 2.05) is 6.07 Å². The zero-order chi connectivity index (χ0) is 16.1. The van der Waals surface area contributed by atoms with Gasteiger partial charge in [-0.2, -0.15) is 0 Å². The summed E-state index contributed by atoms with van der Waals surface area (Å²) in [7, 11) is 0. The van der Waals surface area contributed by atoms with Crippen molar-refractivity contribution < 1.29 is 18.7 Å². The Morgan fingerprint density at radius 3 is 2.09 bits per heavy atom. The van der Waals surface area contributed by atoms with E-state index < -0.39 is 11.8 Å². The number of ether oxygens (including phenoxy) is 2. The Hall–Kier alpha value is -3.14. The van der Waals surface area contributed by atoms with Crippen LogP contribution in [0.5, 0.6) is 17.2 Å². The van der Waals surface area contributed by atoms with Crippen molar-refractivity contribution in [3.63, 3.8) is 0 Å². The topological polar surface area (TPSA) is 35.5 Å². The van der Waals surface area contributed by atoms with Crippen molar-refractivity contribution >= 4 is 5.97 Å². The monoisotopic (exact) mass is 308 g/mol. The maximum absolute atomic E-state index is 13.5. The van der Waals surface area contributed by atoms with Gasteiger partial charge >= 0.3 is 5.97 Å². The van der Waals surface area contributed by atoms with Crippen LogP contribution in [-0.2, 0) is 0 Å². The number of halogens is 1. The molecule has 0 saturated heterocycles. The van der Waals surface area contributed by atoms with E-state index in [0.717, 1.165) is 0 Å². The molecule has 3 nitrogen and oxygen atoms in total. The first-order chi connectivity index (χ1) is 11.2. The van der Waals surface area contributed by atoms with Gasteiger partial charge in [-0.15, -0.1) is 0 Å². The van der Waals surface area contributed by atoms with E-state index in [1.54, 1.807) is 60.7 Å². The molecule has 3 aromatic carbocycles. The molecule has 0 amide bonds. The smallest absolute Gasteiger partial charge is 0.343 e. The highest BCUT2D eigenvalue weighted by atomic mass is 19.1. The third-order valence-corrected chi connectivity index (χ3v) is 3.11. The van der Waals surface area contributed by atoms with Gasteiger partial charge in [-0.05, 0) is 48.5 Å². The van der Waals surface area contributed by atoms with Crippen LogP contribution in [0.1, 0.15) is 10.4 Å². The second-order valence-electron chi connectivity index (χ2n) is 4.76. The van der Waals surface area contributed by atoms with E-state index in [0.29, 0.717) is 17.1 Å². The van der Waals surface area contributed by atoms with Crippen LogP contribution in [0, 0.1) is 5.82 Å². The molecular formula is C19H13FO3. The number of hydrogen-bond acceptors (Lipinski definition) is 3. The van der Waals surface area contributed by atoms with Gasteiger partial charge in [0.1, 0.15) is 11.5 Å². The number of carbonyl (C=O) groups excluding carboxylic acids is 1. The van der Waals surface area contributed by atoms with Crippen LogP contribution in [0.2, 0.25) is 0 Å². The Kier molecular flexibility index (Phi) is 4.34. The molecule has 0 aliphatic rings. The van der Waals surface area contributed by atoms with Crippen molar-refractivity contribution in [3.05, 3.63) is 90.2 Å². The number of rotatable bonds is 4. The molecule has 3 aromatic rings. The van der Waals surface area contributed by atoms with Gasteiger partial charge in [-0.1, -0.05) is 30.3 Å². The minimum absolute atomic E-state index is 0.132. The van der Waals surface area contributed by atoms with E-state index in [4.69, 9.17) is 9.47 Å². The lowest BCUT2D eigenvalue weighted by molar-refractivity contribution is 0.0735. The molecule has 3 rings (SSSR count). The van der Waals surface area contributed by atoms with Crippen LogP contribution in [0.25, 0.3) is 0 Å². The lowest BCUT2D eigenvalue weighted by Gasteiger charge is -2.07. The van der Waals surface area contributed by atoms with Crippen molar-refractivity contribution in [3.8, 4) is 17.2 Å². The summed E-state index contributed by atoms with van der Waals surface area (Å²) >= 11 is 0. The molecule has 0 radical (unpaired) electrons. The Balaban J connectivity index is 1.69. The van der Waals surface area contributed by atoms with Crippen LogP contribution in [0.3, 0.4) is 0 Å². The van der Waals surface area contributed by atoms with E-state index >= 15 is 0 Å². The normalized spacial score (nSPS) is 10.1. The van der Waals surface area contributed by atoms with E-state index in [9.17, 15) is 9.18 Å². The average molecular weight is 308 g/mol. The molecule has 0 aliphatic carbocycles. The summed E-state index contributed by atoms with van der Waals surface area (Å²) in [6.07, 6.45) is 0. The summed E-state index contributed by atoms with van der Waals surface area (Å²) in [5, 5.41) is 0. The van der Waals surface area contributed by atoms with Crippen LogP contribution in [0.4, 0.5) is 4.39 Å². The first-order valence-electron chi connectivity index (χ1n) is 7.02. The third-order valence-electron chi connectivity index (χ3n) is 3.11. The van der Waals surface area contributed by atoms with Gasteiger partial charge in [-0.25, -0.2) is 9.18 Å². The zero-order valence-electron chi connectivity index (χ0n) is 12.1. The molecular weight excluding hydrogens is 295 g/mol. The van der Waals surface area contributed by atoms with Crippen LogP contribution in [0.15, 0.2) is 78.9 Å². The summed E-state index contributed by atoms with van der Waals surface area (Å²) < 4.78 is 24.2. The van der Waals surface area contributed by atoms with Crippen molar-refractivity contribution in [2.75, 3.05) is 0 Å².